The van der Waals surface area contributed by atoms with Crippen molar-refractivity contribution < 1.29 is 31.9 Å². The number of piperazine rings is 1. The first-order chi connectivity index (χ1) is 16.2. The Morgan fingerprint density at radius 1 is 1.18 bits per heavy atom. The summed E-state index contributed by atoms with van der Waals surface area (Å²) < 4.78 is 50.3. The fraction of sp³-hybridized carbons (Fsp3) is 0.391. The van der Waals surface area contributed by atoms with Crippen molar-refractivity contribution in [3.63, 3.8) is 0 Å². The number of carbonyl (C=O) groups is 1. The van der Waals surface area contributed by atoms with Gasteiger partial charge in [0.05, 0.1) is 25.6 Å². The second kappa shape index (κ2) is 9.80. The van der Waals surface area contributed by atoms with Crippen molar-refractivity contribution in [3.8, 4) is 5.75 Å². The molecule has 11 heteroatoms. The fourth-order valence-corrected chi connectivity index (χ4v) is 3.94. The van der Waals surface area contributed by atoms with E-state index in [9.17, 15) is 23.2 Å². The average molecular weight is 478 g/mol. The van der Waals surface area contributed by atoms with Gasteiger partial charge in [0.15, 0.2) is 0 Å². The SMILES string of the molecule is COc1ccc2c(c1)oc(CCNC(=O)CN1CCN(c3cccc(C(F)(F)F)c3)CC1)[n+]2[O-]. The number of halogens is 3. The molecule has 182 valence electrons. The van der Waals surface area contributed by atoms with E-state index in [1.54, 1.807) is 24.3 Å². The number of alkyl halides is 3. The molecule has 1 amide bonds. The van der Waals surface area contributed by atoms with Gasteiger partial charge in [-0.1, -0.05) is 6.07 Å². The van der Waals surface area contributed by atoms with Gasteiger partial charge in [-0.05, 0) is 24.3 Å². The minimum atomic E-state index is -4.38. The van der Waals surface area contributed by atoms with E-state index in [2.05, 4.69) is 5.32 Å². The summed E-state index contributed by atoms with van der Waals surface area (Å²) in [6.07, 6.45) is -4.15. The standard InChI is InChI=1S/C23H25F3N4O4/c1-33-18-5-6-19-20(14-18)34-22(30(19)32)7-8-27-21(31)15-28-9-11-29(12-10-28)17-4-2-3-16(13-17)23(24,25)26/h2-6,13-14H,7-12,15H2,1H3,(H,27,31). The minimum Gasteiger partial charge on any atom is -0.616 e. The average Bonchev–Trinajstić information content (AvgIpc) is 3.13. The zero-order chi connectivity index (χ0) is 24.3. The summed E-state index contributed by atoms with van der Waals surface area (Å²) in [5.41, 5.74) is 0.651. The van der Waals surface area contributed by atoms with Crippen molar-refractivity contribution in [2.45, 2.75) is 12.6 Å². The predicted octanol–water partition coefficient (Wildman–Crippen LogP) is 2.57. The van der Waals surface area contributed by atoms with Gasteiger partial charge in [0, 0.05) is 50.5 Å². The Bertz CT molecular complexity index is 1160. The third kappa shape index (κ3) is 5.36. The molecule has 1 aliphatic heterocycles. The first-order valence-corrected chi connectivity index (χ1v) is 10.8. The second-order valence-electron chi connectivity index (χ2n) is 8.04. The molecule has 8 nitrogen and oxygen atoms in total. The predicted molar refractivity (Wildman–Crippen MR) is 119 cm³/mol. The third-order valence-electron chi connectivity index (χ3n) is 5.78. The first kappa shape index (κ1) is 23.7. The fourth-order valence-electron chi connectivity index (χ4n) is 3.94. The van der Waals surface area contributed by atoms with Crippen LogP contribution in [0.5, 0.6) is 5.75 Å². The molecule has 0 unspecified atom stereocenters. The molecule has 0 spiro atoms. The van der Waals surface area contributed by atoms with Crippen molar-refractivity contribution in [2.24, 2.45) is 0 Å². The number of rotatable bonds is 7. The number of anilines is 1. The van der Waals surface area contributed by atoms with Gasteiger partial charge in [-0.15, -0.1) is 4.73 Å². The summed E-state index contributed by atoms with van der Waals surface area (Å²) in [5.74, 6) is 0.579. The molecule has 1 N–H and O–H groups in total. The lowest BCUT2D eigenvalue weighted by Crippen LogP contribution is -2.49. The number of fused-ring (bicyclic) bond motifs is 1. The van der Waals surface area contributed by atoms with Gasteiger partial charge in [-0.25, -0.2) is 0 Å². The zero-order valence-electron chi connectivity index (χ0n) is 18.6. The monoisotopic (exact) mass is 478 g/mol. The van der Waals surface area contributed by atoms with E-state index in [4.69, 9.17) is 9.15 Å². The molecule has 0 bridgehead atoms. The van der Waals surface area contributed by atoms with Gasteiger partial charge in [-0.2, -0.15) is 13.2 Å². The summed E-state index contributed by atoms with van der Waals surface area (Å²) in [6.45, 7) is 2.55. The topological polar surface area (TPSA) is 84.9 Å². The molecule has 0 saturated carbocycles. The summed E-state index contributed by atoms with van der Waals surface area (Å²) in [7, 11) is 1.52. The van der Waals surface area contributed by atoms with Gasteiger partial charge in [0.2, 0.25) is 11.5 Å². The van der Waals surface area contributed by atoms with Crippen molar-refractivity contribution in [3.05, 3.63) is 59.1 Å². The van der Waals surface area contributed by atoms with Crippen LogP contribution in [0.1, 0.15) is 11.5 Å². The maximum absolute atomic E-state index is 13.0. The largest absolute Gasteiger partial charge is 0.616 e. The number of carbonyl (C=O) groups excluding carboxylic acids is 1. The van der Waals surface area contributed by atoms with Crippen LogP contribution in [-0.4, -0.2) is 57.2 Å². The highest BCUT2D eigenvalue weighted by Crippen LogP contribution is 2.31. The number of amides is 1. The Hall–Kier alpha value is -3.47. The van der Waals surface area contributed by atoms with Gasteiger partial charge >= 0.3 is 12.1 Å². The van der Waals surface area contributed by atoms with Gasteiger partial charge < -0.3 is 24.6 Å². The number of hydrogen-bond donors (Lipinski definition) is 1. The molecule has 1 fully saturated rings. The number of benzene rings is 2. The maximum Gasteiger partial charge on any atom is 0.416 e. The van der Waals surface area contributed by atoms with Crippen LogP contribution in [0.25, 0.3) is 11.1 Å². The van der Waals surface area contributed by atoms with Crippen LogP contribution in [-0.2, 0) is 17.4 Å². The highest BCUT2D eigenvalue weighted by Gasteiger charge is 2.31. The Balaban J connectivity index is 1.24. The van der Waals surface area contributed by atoms with Crippen molar-refractivity contribution in [1.82, 2.24) is 10.2 Å². The molecular weight excluding hydrogens is 453 g/mol. The highest BCUT2D eigenvalue weighted by molar-refractivity contribution is 5.78. The van der Waals surface area contributed by atoms with Crippen molar-refractivity contribution in [1.29, 1.82) is 0 Å². The van der Waals surface area contributed by atoms with E-state index in [1.807, 2.05) is 9.80 Å². The Kier molecular flexibility index (Phi) is 6.82. The number of nitrogens with zero attached hydrogens (tertiary/aromatic N) is 3. The molecule has 0 atom stereocenters. The number of methoxy groups -OCH3 is 1. The minimum absolute atomic E-state index is 0.172. The summed E-state index contributed by atoms with van der Waals surface area (Å²) >= 11 is 0. The molecule has 4 rings (SSSR count). The lowest BCUT2D eigenvalue weighted by Gasteiger charge is -2.36. The summed E-state index contributed by atoms with van der Waals surface area (Å²) in [6, 6.07) is 10.2. The van der Waals surface area contributed by atoms with Crippen LogP contribution in [0.2, 0.25) is 0 Å². The lowest BCUT2D eigenvalue weighted by atomic mass is 10.1. The van der Waals surface area contributed by atoms with Crippen molar-refractivity contribution in [2.75, 3.05) is 51.3 Å². The second-order valence-corrected chi connectivity index (χ2v) is 8.04. The molecule has 0 aliphatic carbocycles. The van der Waals surface area contributed by atoms with E-state index in [-0.39, 0.29) is 31.3 Å². The van der Waals surface area contributed by atoms with Crippen LogP contribution < -0.4 is 19.7 Å². The van der Waals surface area contributed by atoms with Crippen LogP contribution in [0.3, 0.4) is 0 Å². The summed E-state index contributed by atoms with van der Waals surface area (Å²) in [5, 5.41) is 15.1. The first-order valence-electron chi connectivity index (χ1n) is 10.8. The number of hydrogen-bond acceptors (Lipinski definition) is 6. The van der Waals surface area contributed by atoms with Crippen LogP contribution in [0.4, 0.5) is 18.9 Å². The van der Waals surface area contributed by atoms with E-state index in [1.165, 1.54) is 13.2 Å². The number of oxazole rings is 1. The van der Waals surface area contributed by atoms with Crippen LogP contribution in [0.15, 0.2) is 46.9 Å². The summed E-state index contributed by atoms with van der Waals surface area (Å²) in [4.78, 5) is 16.2. The van der Waals surface area contributed by atoms with Crippen LogP contribution in [0, 0.1) is 5.21 Å². The van der Waals surface area contributed by atoms with Gasteiger partial charge in [0.25, 0.3) is 5.52 Å². The molecule has 2 heterocycles. The van der Waals surface area contributed by atoms with E-state index >= 15 is 0 Å². The zero-order valence-corrected chi connectivity index (χ0v) is 18.6. The van der Waals surface area contributed by atoms with Gasteiger partial charge in [-0.3, -0.25) is 9.69 Å². The molecule has 0 radical (unpaired) electrons. The number of aromatic nitrogens is 1. The smallest absolute Gasteiger partial charge is 0.416 e. The highest BCUT2D eigenvalue weighted by atomic mass is 19.4. The van der Waals surface area contributed by atoms with E-state index in [0.29, 0.717) is 53.4 Å². The molecule has 3 aromatic rings. The van der Waals surface area contributed by atoms with Gasteiger partial charge in [0.1, 0.15) is 5.75 Å². The van der Waals surface area contributed by atoms with E-state index in [0.717, 1.165) is 12.1 Å². The third-order valence-corrected chi connectivity index (χ3v) is 5.78. The quantitative estimate of drug-likeness (QED) is 0.415. The molecule has 34 heavy (non-hydrogen) atoms. The Labute approximate surface area is 194 Å². The Morgan fingerprint density at radius 3 is 2.65 bits per heavy atom. The van der Waals surface area contributed by atoms with E-state index < -0.39 is 11.7 Å². The molecular formula is C23H25F3N4O4. The normalized spacial score (nSPS) is 15.0. The lowest BCUT2D eigenvalue weighted by molar-refractivity contribution is -0.592. The molecule has 2 aromatic carbocycles. The maximum atomic E-state index is 13.0. The molecule has 1 aromatic heterocycles. The number of nitrogens with one attached hydrogen (secondary N) is 1. The Morgan fingerprint density at radius 2 is 1.94 bits per heavy atom. The molecule has 1 aliphatic rings. The number of ether oxygens (including phenoxy) is 1. The van der Waals surface area contributed by atoms with Crippen LogP contribution >= 0.6 is 0 Å². The van der Waals surface area contributed by atoms with Crippen molar-refractivity contribution >= 4 is 22.7 Å². The molecule has 1 saturated heterocycles.